The van der Waals surface area contributed by atoms with E-state index in [1.165, 1.54) is 0 Å². The monoisotopic (exact) mass is 562 g/mol. The number of aliphatic carboxylic acids is 1. The highest BCUT2D eigenvalue weighted by molar-refractivity contribution is 6.12. The zero-order valence-corrected chi connectivity index (χ0v) is 23.4. The lowest BCUT2D eigenvalue weighted by molar-refractivity contribution is -0.137. The number of carboxylic acids is 1. The van der Waals surface area contributed by atoms with Gasteiger partial charge in [0.2, 0.25) is 5.89 Å². The molecule has 6 rings (SSSR count). The molecule has 2 heterocycles. The molecule has 2 aromatic heterocycles. The van der Waals surface area contributed by atoms with E-state index < -0.39 is 5.97 Å². The Morgan fingerprint density at radius 2 is 1.67 bits per heavy atom. The molecule has 1 N–H and O–H groups in total. The lowest BCUT2D eigenvalue weighted by Crippen LogP contribution is -2.02. The maximum Gasteiger partial charge on any atom is 0.303 e. The summed E-state index contributed by atoms with van der Waals surface area (Å²) in [5.74, 6) is 2.33. The first-order valence-electron chi connectivity index (χ1n) is 13.7. The molecule has 0 radical (unpaired) electrons. The Morgan fingerprint density at radius 1 is 0.881 bits per heavy atom. The first-order chi connectivity index (χ1) is 20.5. The number of methoxy groups -OCH3 is 1. The van der Waals surface area contributed by atoms with Crippen molar-refractivity contribution in [3.8, 4) is 34.4 Å². The van der Waals surface area contributed by atoms with E-state index in [1.807, 2.05) is 85.8 Å². The average Bonchev–Trinajstić information content (AvgIpc) is 3.56. The van der Waals surface area contributed by atoms with Gasteiger partial charge in [-0.3, -0.25) is 4.79 Å². The molecule has 0 aliphatic rings. The highest BCUT2D eigenvalue weighted by Crippen LogP contribution is 2.39. The van der Waals surface area contributed by atoms with Gasteiger partial charge in [0.1, 0.15) is 23.8 Å². The molecule has 0 fully saturated rings. The maximum atomic E-state index is 10.9. The Balaban J connectivity index is 1.31. The van der Waals surface area contributed by atoms with E-state index in [-0.39, 0.29) is 13.0 Å². The fourth-order valence-corrected chi connectivity index (χ4v) is 5.12. The number of aromatic nitrogens is 2. The molecule has 0 spiro atoms. The minimum atomic E-state index is -0.831. The highest BCUT2D eigenvalue weighted by Gasteiger charge is 2.18. The second kappa shape index (κ2) is 11.7. The average molecular weight is 563 g/mol. The van der Waals surface area contributed by atoms with Crippen LogP contribution in [0.15, 0.2) is 95.4 Å². The Hall–Kier alpha value is -5.24. The lowest BCUT2D eigenvalue weighted by Gasteiger charge is -2.14. The molecule has 0 aliphatic heterocycles. The van der Waals surface area contributed by atoms with Gasteiger partial charge in [0.05, 0.1) is 30.4 Å². The van der Waals surface area contributed by atoms with Crippen molar-refractivity contribution in [3.05, 3.63) is 102 Å². The third-order valence-electron chi connectivity index (χ3n) is 7.14. The molecule has 8 nitrogen and oxygen atoms in total. The second-order valence-corrected chi connectivity index (χ2v) is 9.86. The van der Waals surface area contributed by atoms with E-state index in [1.54, 1.807) is 7.11 Å². The van der Waals surface area contributed by atoms with Crippen molar-refractivity contribution in [2.75, 3.05) is 13.7 Å². The van der Waals surface area contributed by atoms with Crippen LogP contribution in [0.5, 0.6) is 17.2 Å². The summed E-state index contributed by atoms with van der Waals surface area (Å²) in [6.45, 7) is 2.43. The molecular formula is C34H30N2O6. The first kappa shape index (κ1) is 27.0. The molecule has 4 aromatic carbocycles. The maximum absolute atomic E-state index is 10.9. The number of para-hydroxylation sites is 1. The van der Waals surface area contributed by atoms with E-state index in [2.05, 4.69) is 21.7 Å². The van der Waals surface area contributed by atoms with Gasteiger partial charge >= 0.3 is 5.97 Å². The number of fused-ring (bicyclic) bond motifs is 3. The summed E-state index contributed by atoms with van der Waals surface area (Å²) in [5, 5.41) is 11.0. The quantitative estimate of drug-likeness (QED) is 0.163. The van der Waals surface area contributed by atoms with Gasteiger partial charge in [-0.1, -0.05) is 42.5 Å². The van der Waals surface area contributed by atoms with Crippen LogP contribution in [-0.4, -0.2) is 34.3 Å². The van der Waals surface area contributed by atoms with Gasteiger partial charge in [-0.05, 0) is 55.8 Å². The summed E-state index contributed by atoms with van der Waals surface area (Å²) in [6, 6.07) is 29.7. The van der Waals surface area contributed by atoms with E-state index in [0.29, 0.717) is 36.2 Å². The third-order valence-corrected chi connectivity index (χ3v) is 7.14. The predicted octanol–water partition coefficient (Wildman–Crippen LogP) is 7.58. The van der Waals surface area contributed by atoms with Crippen molar-refractivity contribution >= 4 is 27.8 Å². The van der Waals surface area contributed by atoms with E-state index in [0.717, 1.165) is 44.5 Å². The fourth-order valence-electron chi connectivity index (χ4n) is 5.12. The van der Waals surface area contributed by atoms with Crippen LogP contribution in [0, 0.1) is 6.92 Å². The minimum absolute atomic E-state index is 0.0658. The number of carboxylic acid groups (broad SMARTS) is 1. The van der Waals surface area contributed by atoms with Crippen LogP contribution in [-0.2, 0) is 11.4 Å². The molecule has 42 heavy (non-hydrogen) atoms. The Kier molecular flexibility index (Phi) is 7.51. The van der Waals surface area contributed by atoms with Gasteiger partial charge in [0, 0.05) is 28.8 Å². The van der Waals surface area contributed by atoms with Crippen LogP contribution in [0.3, 0.4) is 0 Å². The molecule has 6 aromatic rings. The largest absolute Gasteiger partial charge is 0.493 e. The van der Waals surface area contributed by atoms with Gasteiger partial charge in [-0.25, -0.2) is 4.98 Å². The summed E-state index contributed by atoms with van der Waals surface area (Å²) in [7, 11) is 1.62. The summed E-state index contributed by atoms with van der Waals surface area (Å²) in [5.41, 5.74) is 4.51. The molecule has 8 heteroatoms. The molecule has 212 valence electrons. The molecule has 0 unspecified atom stereocenters. The summed E-state index contributed by atoms with van der Waals surface area (Å²) in [6.07, 6.45) is 0.501. The summed E-state index contributed by atoms with van der Waals surface area (Å²) in [4.78, 5) is 15.6. The van der Waals surface area contributed by atoms with Gasteiger partial charge in [0.15, 0.2) is 11.5 Å². The smallest absolute Gasteiger partial charge is 0.303 e. The van der Waals surface area contributed by atoms with Crippen molar-refractivity contribution < 1.29 is 28.5 Å². The first-order valence-corrected chi connectivity index (χ1v) is 13.7. The van der Waals surface area contributed by atoms with Crippen LogP contribution in [0.2, 0.25) is 0 Å². The standard InChI is InChI=1S/C34H30N2O6/c1-22-26(35-34(42-22)23-10-4-3-5-11-23)21-41-29-18-17-24(20-31(29)39-2)36-27-13-7-6-12-25(27)33-28(36)14-8-15-30(33)40-19-9-16-32(37)38/h3-8,10-15,17-18,20H,9,16,19,21H2,1-2H3,(H,37,38). The predicted molar refractivity (Wildman–Crippen MR) is 161 cm³/mol. The van der Waals surface area contributed by atoms with Crippen LogP contribution in [0.25, 0.3) is 38.9 Å². The number of aryl methyl sites for hydroxylation is 1. The third kappa shape index (κ3) is 5.26. The summed E-state index contributed by atoms with van der Waals surface area (Å²) < 4.78 is 26.0. The zero-order chi connectivity index (χ0) is 29.1. The van der Waals surface area contributed by atoms with Crippen molar-refractivity contribution in [1.29, 1.82) is 0 Å². The van der Waals surface area contributed by atoms with Crippen molar-refractivity contribution in [2.45, 2.75) is 26.4 Å². The number of hydrogen-bond acceptors (Lipinski definition) is 6. The molecular weight excluding hydrogens is 532 g/mol. The SMILES string of the molecule is COc1cc(-n2c3ccccc3c3c(OCCCC(=O)O)cccc32)ccc1OCc1nc(-c2ccccc2)oc1C. The Bertz CT molecular complexity index is 1870. The number of benzene rings is 4. The van der Waals surface area contributed by atoms with Crippen LogP contribution < -0.4 is 14.2 Å². The second-order valence-electron chi connectivity index (χ2n) is 9.86. The van der Waals surface area contributed by atoms with Crippen LogP contribution in [0.4, 0.5) is 0 Å². The van der Waals surface area contributed by atoms with Gasteiger partial charge in [-0.2, -0.15) is 0 Å². The van der Waals surface area contributed by atoms with Crippen molar-refractivity contribution in [2.24, 2.45) is 0 Å². The van der Waals surface area contributed by atoms with E-state index in [4.69, 9.17) is 23.7 Å². The number of nitrogens with zero attached hydrogens (tertiary/aromatic N) is 2. The Labute approximate surface area is 242 Å². The molecule has 0 atom stereocenters. The Morgan fingerprint density at radius 3 is 2.48 bits per heavy atom. The number of rotatable bonds is 11. The zero-order valence-electron chi connectivity index (χ0n) is 23.4. The molecule has 0 bridgehead atoms. The number of oxazole rings is 1. The minimum Gasteiger partial charge on any atom is -0.493 e. The number of carbonyl (C=O) groups is 1. The molecule has 0 saturated heterocycles. The van der Waals surface area contributed by atoms with Gasteiger partial charge < -0.3 is 28.3 Å². The van der Waals surface area contributed by atoms with Crippen LogP contribution in [0.1, 0.15) is 24.3 Å². The number of hydrogen-bond donors (Lipinski definition) is 1. The van der Waals surface area contributed by atoms with Gasteiger partial charge in [0.25, 0.3) is 0 Å². The van der Waals surface area contributed by atoms with Gasteiger partial charge in [-0.15, -0.1) is 0 Å². The lowest BCUT2D eigenvalue weighted by atomic mass is 10.1. The van der Waals surface area contributed by atoms with E-state index >= 15 is 0 Å². The topological polar surface area (TPSA) is 96.0 Å². The molecule has 0 saturated carbocycles. The normalized spacial score (nSPS) is 11.2. The van der Waals surface area contributed by atoms with Crippen LogP contribution >= 0.6 is 0 Å². The summed E-state index contributed by atoms with van der Waals surface area (Å²) >= 11 is 0. The van der Waals surface area contributed by atoms with Crippen molar-refractivity contribution in [3.63, 3.8) is 0 Å². The van der Waals surface area contributed by atoms with E-state index in [9.17, 15) is 4.79 Å². The highest BCUT2D eigenvalue weighted by atomic mass is 16.5. The van der Waals surface area contributed by atoms with Crippen molar-refractivity contribution in [1.82, 2.24) is 9.55 Å². The molecule has 0 amide bonds. The number of ether oxygens (including phenoxy) is 3. The fraction of sp³-hybridized carbons (Fsp3) is 0.176. The molecule has 0 aliphatic carbocycles.